The fourth-order valence-corrected chi connectivity index (χ4v) is 5.88. The lowest BCUT2D eigenvalue weighted by Gasteiger charge is -2.64. The first-order valence-corrected chi connectivity index (χ1v) is 11.0. The maximum absolute atomic E-state index is 14.2. The van der Waals surface area contributed by atoms with E-state index in [-0.39, 0.29) is 29.0 Å². The Bertz CT molecular complexity index is 978. The van der Waals surface area contributed by atoms with Crippen molar-refractivity contribution >= 4 is 18.8 Å². The zero-order chi connectivity index (χ0) is 21.1. The summed E-state index contributed by atoms with van der Waals surface area (Å²) in [7, 11) is -0.556. The quantitative estimate of drug-likeness (QED) is 0.533. The summed E-state index contributed by atoms with van der Waals surface area (Å²) in [5.41, 5.74) is 2.68. The van der Waals surface area contributed by atoms with Gasteiger partial charge in [-0.2, -0.15) is 0 Å². The highest BCUT2D eigenvalue weighted by atomic mass is 19.1. The smallest absolute Gasteiger partial charge is 0.401 e. The lowest BCUT2D eigenvalue weighted by Crippen LogP contribution is -2.65. The highest BCUT2D eigenvalue weighted by Gasteiger charge is 2.68. The van der Waals surface area contributed by atoms with Gasteiger partial charge in [0.1, 0.15) is 5.82 Å². The van der Waals surface area contributed by atoms with E-state index in [1.807, 2.05) is 24.4 Å². The van der Waals surface area contributed by atoms with Crippen molar-refractivity contribution in [3.63, 3.8) is 0 Å². The largest absolute Gasteiger partial charge is 0.495 e. The van der Waals surface area contributed by atoms with Gasteiger partial charge < -0.3 is 9.31 Å². The van der Waals surface area contributed by atoms with Gasteiger partial charge in [-0.1, -0.05) is 50.2 Å². The van der Waals surface area contributed by atoms with Crippen molar-refractivity contribution in [1.82, 2.24) is 0 Å². The van der Waals surface area contributed by atoms with Gasteiger partial charge in [0.05, 0.1) is 17.7 Å². The fourth-order valence-electron chi connectivity index (χ4n) is 5.88. The molecule has 30 heavy (non-hydrogen) atoms. The highest BCUT2D eigenvalue weighted by Crippen LogP contribution is 2.65. The van der Waals surface area contributed by atoms with Gasteiger partial charge in [-0.3, -0.25) is 4.99 Å². The van der Waals surface area contributed by atoms with Crippen molar-refractivity contribution in [3.8, 4) is 0 Å². The van der Waals surface area contributed by atoms with Crippen molar-refractivity contribution in [3.05, 3.63) is 65.5 Å². The Kier molecular flexibility index (Phi) is 4.68. The van der Waals surface area contributed by atoms with Crippen LogP contribution in [0, 0.1) is 23.1 Å². The number of aliphatic imine (C=N–C) groups is 1. The van der Waals surface area contributed by atoms with Crippen LogP contribution in [0.25, 0.3) is 0 Å². The minimum absolute atomic E-state index is 0.0163. The van der Waals surface area contributed by atoms with E-state index in [9.17, 15) is 4.39 Å². The van der Waals surface area contributed by atoms with Gasteiger partial charge in [-0.05, 0) is 72.7 Å². The first-order valence-electron chi connectivity index (χ1n) is 11.0. The maximum atomic E-state index is 14.2. The summed E-state index contributed by atoms with van der Waals surface area (Å²) < 4.78 is 27.1. The number of rotatable bonds is 4. The van der Waals surface area contributed by atoms with Gasteiger partial charge >= 0.3 is 7.12 Å². The first-order chi connectivity index (χ1) is 14.3. The number of nitrogens with zero attached hydrogens (tertiary/aromatic N) is 1. The molecule has 2 aromatic rings. The summed E-state index contributed by atoms with van der Waals surface area (Å²) in [6, 6.07) is 15.0. The molecule has 1 heterocycles. The minimum atomic E-state index is -0.556. The molecule has 0 radical (unpaired) electrons. The van der Waals surface area contributed by atoms with Crippen LogP contribution >= 0.6 is 0 Å². The monoisotopic (exact) mass is 405 g/mol. The van der Waals surface area contributed by atoms with Gasteiger partial charge in [-0.25, -0.2) is 4.39 Å². The molecule has 4 fully saturated rings. The SMILES string of the molecule is C[C@@H](N=Cc1ccc(F)cc1B1O[C@H]2C[C@H]3C[C@H](C3(C)C)[C@@]2(C)O1)c1ccccc1. The first kappa shape index (κ1) is 20.0. The van der Waals surface area contributed by atoms with Crippen LogP contribution in [0.1, 0.15) is 57.7 Å². The standard InChI is InChI=1S/C25H29BFNO2/c1-16(17-8-6-5-7-9-17)28-15-18-10-11-20(27)14-21(18)26-29-23-13-19-12-22(24(19,2)3)25(23,4)30-26/h5-11,14-16,19,22-23H,12-13H2,1-4H3/t16-,19-,22-,23+,25-/m1/s1. The zero-order valence-electron chi connectivity index (χ0n) is 18.1. The van der Waals surface area contributed by atoms with E-state index in [0.29, 0.717) is 11.8 Å². The molecule has 0 aromatic heterocycles. The minimum Gasteiger partial charge on any atom is -0.401 e. The Morgan fingerprint density at radius 2 is 1.90 bits per heavy atom. The lowest BCUT2D eigenvalue weighted by atomic mass is 9.43. The molecule has 0 amide bonds. The molecule has 3 nitrogen and oxygen atoms in total. The molecule has 2 bridgehead atoms. The second kappa shape index (κ2) is 7.03. The lowest BCUT2D eigenvalue weighted by molar-refractivity contribution is -0.199. The van der Waals surface area contributed by atoms with Crippen molar-refractivity contribution < 1.29 is 13.7 Å². The van der Waals surface area contributed by atoms with E-state index in [4.69, 9.17) is 14.3 Å². The molecular formula is C25H29BFNO2. The molecule has 3 saturated carbocycles. The Balaban J connectivity index is 1.42. The van der Waals surface area contributed by atoms with Gasteiger partial charge in [0.15, 0.2) is 0 Å². The molecule has 1 saturated heterocycles. The van der Waals surface area contributed by atoms with Gasteiger partial charge in [-0.15, -0.1) is 0 Å². The summed E-state index contributed by atoms with van der Waals surface area (Å²) >= 11 is 0. The Morgan fingerprint density at radius 3 is 2.63 bits per heavy atom. The van der Waals surface area contributed by atoms with Crippen LogP contribution in [0.3, 0.4) is 0 Å². The van der Waals surface area contributed by atoms with Crippen LogP contribution in [0.5, 0.6) is 0 Å². The topological polar surface area (TPSA) is 30.8 Å². The van der Waals surface area contributed by atoms with E-state index in [1.165, 1.54) is 18.6 Å². The summed E-state index contributed by atoms with van der Waals surface area (Å²) in [4.78, 5) is 4.72. The highest BCUT2D eigenvalue weighted by molar-refractivity contribution is 6.63. The van der Waals surface area contributed by atoms with Crippen molar-refractivity contribution in [1.29, 1.82) is 0 Å². The Hall–Kier alpha value is -1.98. The second-order valence-electron chi connectivity index (χ2n) is 9.94. The molecule has 0 unspecified atom stereocenters. The maximum Gasteiger partial charge on any atom is 0.495 e. The van der Waals surface area contributed by atoms with Gasteiger partial charge in [0.25, 0.3) is 0 Å². The fraction of sp³-hybridized carbons (Fsp3) is 0.480. The van der Waals surface area contributed by atoms with Crippen LogP contribution in [-0.2, 0) is 9.31 Å². The molecule has 5 heteroatoms. The third-order valence-electron chi connectivity index (χ3n) is 7.97. The Morgan fingerprint density at radius 1 is 1.13 bits per heavy atom. The number of hydrogen-bond acceptors (Lipinski definition) is 3. The molecule has 2 aromatic carbocycles. The van der Waals surface area contributed by atoms with E-state index < -0.39 is 7.12 Å². The van der Waals surface area contributed by atoms with E-state index in [2.05, 4.69) is 39.8 Å². The molecule has 1 aliphatic heterocycles. The Labute approximate surface area is 178 Å². The van der Waals surface area contributed by atoms with Crippen LogP contribution in [0.2, 0.25) is 0 Å². The molecule has 3 aliphatic carbocycles. The molecule has 5 atom stereocenters. The average molecular weight is 405 g/mol. The van der Waals surface area contributed by atoms with Crippen LogP contribution in [0.15, 0.2) is 53.5 Å². The summed E-state index contributed by atoms with van der Waals surface area (Å²) in [5, 5.41) is 0. The molecule has 4 aliphatic rings. The molecule has 156 valence electrons. The number of halogens is 1. The summed E-state index contributed by atoms with van der Waals surface area (Å²) in [6.45, 7) is 8.93. The predicted octanol–water partition coefficient (Wildman–Crippen LogP) is 4.94. The summed E-state index contributed by atoms with van der Waals surface area (Å²) in [6.07, 6.45) is 4.10. The van der Waals surface area contributed by atoms with Gasteiger partial charge in [0.2, 0.25) is 0 Å². The van der Waals surface area contributed by atoms with Gasteiger partial charge in [0, 0.05) is 6.21 Å². The molecule has 6 rings (SSSR count). The summed E-state index contributed by atoms with van der Waals surface area (Å²) in [5.74, 6) is 0.876. The average Bonchev–Trinajstić information content (AvgIpc) is 3.10. The zero-order valence-corrected chi connectivity index (χ0v) is 18.1. The number of benzene rings is 2. The van der Waals surface area contributed by atoms with E-state index in [0.717, 1.165) is 23.0 Å². The normalized spacial score (nSPS) is 32.7. The van der Waals surface area contributed by atoms with Crippen molar-refractivity contribution in [2.75, 3.05) is 0 Å². The third-order valence-corrected chi connectivity index (χ3v) is 7.97. The molecule has 0 spiro atoms. The van der Waals surface area contributed by atoms with Crippen molar-refractivity contribution in [2.45, 2.75) is 58.3 Å². The van der Waals surface area contributed by atoms with Crippen molar-refractivity contribution in [2.24, 2.45) is 22.2 Å². The van der Waals surface area contributed by atoms with E-state index in [1.54, 1.807) is 6.07 Å². The predicted molar refractivity (Wildman–Crippen MR) is 119 cm³/mol. The van der Waals surface area contributed by atoms with Crippen LogP contribution < -0.4 is 5.46 Å². The molecule has 0 N–H and O–H groups in total. The molecular weight excluding hydrogens is 376 g/mol. The van der Waals surface area contributed by atoms with Crippen LogP contribution in [-0.4, -0.2) is 25.0 Å². The second-order valence-corrected chi connectivity index (χ2v) is 9.94. The third kappa shape index (κ3) is 3.06. The number of hydrogen-bond donors (Lipinski definition) is 0. The van der Waals surface area contributed by atoms with E-state index >= 15 is 0 Å². The van der Waals surface area contributed by atoms with Crippen LogP contribution in [0.4, 0.5) is 4.39 Å².